The van der Waals surface area contributed by atoms with E-state index in [0.29, 0.717) is 11.3 Å². The maximum absolute atomic E-state index is 11.5. The van der Waals surface area contributed by atoms with Gasteiger partial charge in [0.05, 0.1) is 25.3 Å². The first-order chi connectivity index (χ1) is 12.2. The van der Waals surface area contributed by atoms with E-state index in [9.17, 15) is 9.90 Å². The number of hydrogen-bond donors (Lipinski definition) is 1. The monoisotopic (exact) mass is 374 g/mol. The molecule has 0 radical (unpaired) electrons. The lowest BCUT2D eigenvalue weighted by atomic mass is 10.0. The molecule has 0 aliphatic rings. The second-order valence-electron chi connectivity index (χ2n) is 4.81. The van der Waals surface area contributed by atoms with Gasteiger partial charge in [-0.2, -0.15) is 0 Å². The molecule has 130 valence electrons. The van der Waals surface area contributed by atoms with Gasteiger partial charge in [0, 0.05) is 11.9 Å². The summed E-state index contributed by atoms with van der Waals surface area (Å²) in [5.41, 5.74) is 2.48. The highest BCUT2D eigenvalue weighted by Crippen LogP contribution is 2.28. The third-order valence-corrected chi connectivity index (χ3v) is 5.25. The van der Waals surface area contributed by atoms with E-state index >= 15 is 0 Å². The van der Waals surface area contributed by atoms with Crippen LogP contribution in [-0.4, -0.2) is 33.8 Å². The van der Waals surface area contributed by atoms with Crippen molar-refractivity contribution >= 4 is 45.1 Å². The summed E-state index contributed by atoms with van der Waals surface area (Å²) in [6.45, 7) is 0. The van der Waals surface area contributed by atoms with Crippen molar-refractivity contribution in [3.05, 3.63) is 66.2 Å². The number of ether oxygens (including phenoxy) is 1. The molecule has 0 bridgehead atoms. The number of methoxy groups -OCH3 is 1. The van der Waals surface area contributed by atoms with Gasteiger partial charge in [-0.3, -0.25) is 4.98 Å². The van der Waals surface area contributed by atoms with Crippen molar-refractivity contribution in [3.8, 4) is 0 Å². The van der Waals surface area contributed by atoms with Crippen molar-refractivity contribution in [2.24, 2.45) is 4.99 Å². The Morgan fingerprint density at radius 1 is 1.32 bits per heavy atom. The minimum Gasteiger partial charge on any atom is -0.503 e. The standard InChI is InChI=1S/C18H18N2O3S2/c1-23-11-16(17(21)22)15-8-4-3-6-13(15)12-25-18(24-2)20-14-7-5-9-19-10-14/h3-11H,12H2,1-2H3,(H,21,22)/b16-11+,20-18?. The number of thioether (sulfide) groups is 2. The summed E-state index contributed by atoms with van der Waals surface area (Å²) in [5.74, 6) is -0.418. The lowest BCUT2D eigenvalue weighted by Gasteiger charge is -2.10. The second-order valence-corrected chi connectivity index (χ2v) is 6.83. The summed E-state index contributed by atoms with van der Waals surface area (Å²) in [5, 5.41) is 9.41. The number of hydrogen-bond acceptors (Lipinski definition) is 6. The van der Waals surface area contributed by atoms with E-state index in [1.54, 1.807) is 42.0 Å². The third-order valence-electron chi connectivity index (χ3n) is 3.17. The summed E-state index contributed by atoms with van der Waals surface area (Å²) in [4.78, 5) is 20.1. The number of pyridine rings is 1. The largest absolute Gasteiger partial charge is 0.503 e. The quantitative estimate of drug-likeness (QED) is 0.349. The van der Waals surface area contributed by atoms with E-state index in [-0.39, 0.29) is 5.57 Å². The molecule has 5 nitrogen and oxygen atoms in total. The maximum Gasteiger partial charge on any atom is 0.339 e. The molecule has 0 aliphatic carbocycles. The fourth-order valence-corrected chi connectivity index (χ4v) is 3.60. The van der Waals surface area contributed by atoms with Gasteiger partial charge >= 0.3 is 5.97 Å². The molecule has 0 unspecified atom stereocenters. The van der Waals surface area contributed by atoms with Gasteiger partial charge in [-0.25, -0.2) is 9.79 Å². The zero-order valence-electron chi connectivity index (χ0n) is 13.9. The van der Waals surface area contributed by atoms with Gasteiger partial charge in [-0.05, 0) is 29.5 Å². The Morgan fingerprint density at radius 2 is 2.12 bits per heavy atom. The minimum absolute atomic E-state index is 0.133. The first-order valence-electron chi connectivity index (χ1n) is 7.35. The molecule has 0 aliphatic heterocycles. The molecule has 1 heterocycles. The van der Waals surface area contributed by atoms with Crippen LogP contribution in [0.15, 0.2) is 60.0 Å². The van der Waals surface area contributed by atoms with Gasteiger partial charge in [-0.1, -0.05) is 36.0 Å². The summed E-state index contributed by atoms with van der Waals surface area (Å²) >= 11 is 3.10. The van der Waals surface area contributed by atoms with E-state index in [0.717, 1.165) is 15.6 Å². The fourth-order valence-electron chi connectivity index (χ4n) is 2.06. The molecule has 0 fully saturated rings. The van der Waals surface area contributed by atoms with Crippen molar-refractivity contribution in [3.63, 3.8) is 0 Å². The van der Waals surface area contributed by atoms with E-state index in [4.69, 9.17) is 4.74 Å². The van der Waals surface area contributed by atoms with Crippen LogP contribution in [0.2, 0.25) is 0 Å². The molecular formula is C18H18N2O3S2. The highest BCUT2D eigenvalue weighted by atomic mass is 32.2. The van der Waals surface area contributed by atoms with Crippen LogP contribution in [-0.2, 0) is 15.3 Å². The minimum atomic E-state index is -1.02. The van der Waals surface area contributed by atoms with Crippen LogP contribution in [0, 0.1) is 0 Å². The SMILES string of the molecule is CO/C=C(/C(=O)O)c1ccccc1CSC(=Nc1cccnc1)SC. The first kappa shape index (κ1) is 19.1. The van der Waals surface area contributed by atoms with Crippen molar-refractivity contribution in [2.45, 2.75) is 5.75 Å². The fraction of sp³-hybridized carbons (Fsp3) is 0.167. The van der Waals surface area contributed by atoms with Gasteiger partial charge in [0.25, 0.3) is 0 Å². The van der Waals surface area contributed by atoms with Crippen molar-refractivity contribution in [1.82, 2.24) is 4.98 Å². The molecule has 0 spiro atoms. The second kappa shape index (κ2) is 9.90. The molecule has 0 saturated carbocycles. The Kier molecular flexibility index (Phi) is 7.56. The normalized spacial score (nSPS) is 12.1. The molecule has 2 rings (SSSR count). The number of aliphatic carboxylic acids is 1. The number of aliphatic imine (C=N–C) groups is 1. The van der Waals surface area contributed by atoms with E-state index in [1.165, 1.54) is 13.4 Å². The number of benzene rings is 1. The van der Waals surface area contributed by atoms with Gasteiger partial charge in [-0.15, -0.1) is 11.8 Å². The molecular weight excluding hydrogens is 356 g/mol. The summed E-state index contributed by atoms with van der Waals surface area (Å²) in [7, 11) is 1.44. The van der Waals surface area contributed by atoms with Gasteiger partial charge in [0.2, 0.25) is 0 Å². The summed E-state index contributed by atoms with van der Waals surface area (Å²) in [6, 6.07) is 11.1. The van der Waals surface area contributed by atoms with Gasteiger partial charge in [0.15, 0.2) is 0 Å². The average Bonchev–Trinajstić information content (AvgIpc) is 2.64. The number of rotatable bonds is 6. The summed E-state index contributed by atoms with van der Waals surface area (Å²) < 4.78 is 5.80. The predicted octanol–water partition coefficient (Wildman–Crippen LogP) is 4.44. The van der Waals surface area contributed by atoms with Gasteiger partial charge in [0.1, 0.15) is 9.95 Å². The average molecular weight is 374 g/mol. The third kappa shape index (κ3) is 5.65. The van der Waals surface area contributed by atoms with Crippen molar-refractivity contribution in [2.75, 3.05) is 13.4 Å². The Labute approximate surface area is 155 Å². The molecule has 0 amide bonds. The molecule has 1 aromatic heterocycles. The van der Waals surface area contributed by atoms with Crippen LogP contribution in [0.3, 0.4) is 0 Å². The van der Waals surface area contributed by atoms with Gasteiger partial charge < -0.3 is 9.84 Å². The van der Waals surface area contributed by atoms with E-state index < -0.39 is 5.97 Å². The van der Waals surface area contributed by atoms with Crippen LogP contribution >= 0.6 is 23.5 Å². The molecule has 7 heteroatoms. The number of aromatic nitrogens is 1. The number of carboxylic acid groups (broad SMARTS) is 1. The Hall–Kier alpha value is -2.25. The Morgan fingerprint density at radius 3 is 2.76 bits per heavy atom. The number of nitrogens with zero attached hydrogens (tertiary/aromatic N) is 2. The Bertz CT molecular complexity index is 777. The predicted molar refractivity (Wildman–Crippen MR) is 105 cm³/mol. The highest BCUT2D eigenvalue weighted by molar-refractivity contribution is 8.38. The molecule has 1 N–H and O–H groups in total. The lowest BCUT2D eigenvalue weighted by Crippen LogP contribution is -2.03. The number of carboxylic acids is 1. The first-order valence-corrected chi connectivity index (χ1v) is 9.56. The maximum atomic E-state index is 11.5. The van der Waals surface area contributed by atoms with Crippen LogP contribution in [0.1, 0.15) is 11.1 Å². The molecule has 0 atom stereocenters. The van der Waals surface area contributed by atoms with E-state index in [1.807, 2.05) is 36.6 Å². The van der Waals surface area contributed by atoms with Crippen LogP contribution in [0.4, 0.5) is 5.69 Å². The molecule has 2 aromatic rings. The zero-order valence-corrected chi connectivity index (χ0v) is 15.5. The molecule has 0 saturated heterocycles. The van der Waals surface area contributed by atoms with Crippen LogP contribution in [0.5, 0.6) is 0 Å². The van der Waals surface area contributed by atoms with Crippen molar-refractivity contribution in [1.29, 1.82) is 0 Å². The smallest absolute Gasteiger partial charge is 0.339 e. The van der Waals surface area contributed by atoms with Crippen LogP contribution < -0.4 is 0 Å². The van der Waals surface area contributed by atoms with E-state index in [2.05, 4.69) is 9.98 Å². The number of carbonyl (C=O) groups is 1. The topological polar surface area (TPSA) is 71.8 Å². The highest BCUT2D eigenvalue weighted by Gasteiger charge is 2.15. The van der Waals surface area contributed by atoms with Crippen molar-refractivity contribution < 1.29 is 14.6 Å². The lowest BCUT2D eigenvalue weighted by molar-refractivity contribution is -0.130. The molecule has 1 aromatic carbocycles. The zero-order chi connectivity index (χ0) is 18.1. The Balaban J connectivity index is 2.22. The van der Waals surface area contributed by atoms with Crippen LogP contribution in [0.25, 0.3) is 5.57 Å². The molecule has 25 heavy (non-hydrogen) atoms. The summed E-state index contributed by atoms with van der Waals surface area (Å²) in [6.07, 6.45) is 6.62.